The van der Waals surface area contributed by atoms with E-state index in [9.17, 15) is 19.7 Å². The van der Waals surface area contributed by atoms with E-state index in [2.05, 4.69) is 10.4 Å². The van der Waals surface area contributed by atoms with E-state index in [4.69, 9.17) is 10.5 Å². The summed E-state index contributed by atoms with van der Waals surface area (Å²) >= 11 is 0. The summed E-state index contributed by atoms with van der Waals surface area (Å²) in [6.07, 6.45) is -1.14. The van der Waals surface area contributed by atoms with Crippen molar-refractivity contribution in [3.8, 4) is 0 Å². The van der Waals surface area contributed by atoms with Crippen molar-refractivity contribution in [2.75, 3.05) is 11.1 Å². The van der Waals surface area contributed by atoms with Crippen LogP contribution in [0, 0.1) is 24.0 Å². The molecule has 1 aromatic carbocycles. The lowest BCUT2D eigenvalue weighted by Gasteiger charge is -2.14. The van der Waals surface area contributed by atoms with Gasteiger partial charge in [0.05, 0.1) is 27.6 Å². The third-order valence-corrected chi connectivity index (χ3v) is 3.88. The molecule has 0 aliphatic carbocycles. The Bertz CT molecular complexity index is 889. The second kappa shape index (κ2) is 7.21. The topological polar surface area (TPSA) is 142 Å². The number of nitrogens with one attached hydrogen (secondary N) is 1. The Morgan fingerprint density at radius 1 is 1.38 bits per heavy atom. The van der Waals surface area contributed by atoms with E-state index >= 15 is 0 Å². The molecule has 0 radical (unpaired) electrons. The average molecular weight is 361 g/mol. The summed E-state index contributed by atoms with van der Waals surface area (Å²) in [7, 11) is 1.74. The number of carbonyl (C=O) groups excluding carboxylic acids is 2. The number of aromatic nitrogens is 2. The van der Waals surface area contributed by atoms with Crippen molar-refractivity contribution in [3.63, 3.8) is 0 Å². The van der Waals surface area contributed by atoms with Gasteiger partial charge in [-0.15, -0.1) is 0 Å². The van der Waals surface area contributed by atoms with Crippen LogP contribution >= 0.6 is 0 Å². The molecule has 0 bridgehead atoms. The number of nitrogen functional groups attached to an aromatic ring is 1. The van der Waals surface area contributed by atoms with Crippen LogP contribution in [0.2, 0.25) is 0 Å². The predicted molar refractivity (Wildman–Crippen MR) is 93.7 cm³/mol. The fourth-order valence-electron chi connectivity index (χ4n) is 2.29. The van der Waals surface area contributed by atoms with Crippen molar-refractivity contribution in [1.29, 1.82) is 0 Å². The number of hydrogen-bond acceptors (Lipinski definition) is 7. The smallest absolute Gasteiger partial charge is 0.341 e. The fraction of sp³-hybridized carbons (Fsp3) is 0.312. The van der Waals surface area contributed by atoms with E-state index in [1.165, 1.54) is 19.1 Å². The number of carbonyl (C=O) groups is 2. The lowest BCUT2D eigenvalue weighted by Crippen LogP contribution is -2.30. The predicted octanol–water partition coefficient (Wildman–Crippen LogP) is 1.71. The minimum atomic E-state index is -1.14. The van der Waals surface area contributed by atoms with Gasteiger partial charge in [-0.2, -0.15) is 5.10 Å². The molecule has 0 saturated carbocycles. The zero-order valence-electron chi connectivity index (χ0n) is 14.8. The molecule has 1 heterocycles. The molecule has 26 heavy (non-hydrogen) atoms. The number of hydrogen-bond donors (Lipinski definition) is 2. The van der Waals surface area contributed by atoms with Gasteiger partial charge in [0, 0.05) is 24.9 Å². The number of ether oxygens (including phenoxy) is 1. The lowest BCUT2D eigenvalue weighted by molar-refractivity contribution is -0.384. The van der Waals surface area contributed by atoms with Crippen molar-refractivity contribution >= 4 is 28.9 Å². The number of nitrogens with two attached hydrogens (primary N) is 1. The molecule has 1 atom stereocenters. The molecule has 10 heteroatoms. The number of amides is 1. The first-order valence-electron chi connectivity index (χ1n) is 7.67. The third-order valence-electron chi connectivity index (χ3n) is 3.88. The minimum absolute atomic E-state index is 0.0205. The Kier molecular flexibility index (Phi) is 5.24. The number of benzene rings is 1. The van der Waals surface area contributed by atoms with E-state index in [0.29, 0.717) is 11.4 Å². The van der Waals surface area contributed by atoms with Crippen LogP contribution in [0.15, 0.2) is 18.2 Å². The Balaban J connectivity index is 2.12. The first kappa shape index (κ1) is 18.9. The summed E-state index contributed by atoms with van der Waals surface area (Å²) in [6, 6.07) is 3.43. The highest BCUT2D eigenvalue weighted by Gasteiger charge is 2.24. The second-order valence-corrected chi connectivity index (χ2v) is 5.73. The number of aryl methyl sites for hydroxylation is 2. The first-order valence-corrected chi connectivity index (χ1v) is 7.67. The number of nitro groups is 1. The first-order chi connectivity index (χ1) is 12.1. The maximum Gasteiger partial charge on any atom is 0.341 e. The average Bonchev–Trinajstić information content (AvgIpc) is 2.80. The molecule has 10 nitrogen and oxygen atoms in total. The molecule has 2 rings (SSSR count). The van der Waals surface area contributed by atoms with Crippen LogP contribution in [0.4, 0.5) is 17.1 Å². The van der Waals surface area contributed by atoms with E-state index in [0.717, 1.165) is 11.8 Å². The molecule has 0 aliphatic heterocycles. The van der Waals surface area contributed by atoms with Crippen LogP contribution in [0.25, 0.3) is 0 Å². The van der Waals surface area contributed by atoms with Crippen LogP contribution < -0.4 is 11.1 Å². The Labute approximate surface area is 149 Å². The molecule has 0 aliphatic rings. The van der Waals surface area contributed by atoms with Gasteiger partial charge in [-0.3, -0.25) is 19.6 Å². The largest absolute Gasteiger partial charge is 0.449 e. The number of esters is 1. The van der Waals surface area contributed by atoms with E-state index in [1.807, 2.05) is 0 Å². The van der Waals surface area contributed by atoms with Crippen LogP contribution in [0.1, 0.15) is 28.7 Å². The summed E-state index contributed by atoms with van der Waals surface area (Å²) in [4.78, 5) is 34.7. The van der Waals surface area contributed by atoms with Gasteiger partial charge in [-0.05, 0) is 26.8 Å². The summed E-state index contributed by atoms with van der Waals surface area (Å²) in [5.74, 6) is -1.48. The van der Waals surface area contributed by atoms with Gasteiger partial charge < -0.3 is 15.8 Å². The van der Waals surface area contributed by atoms with Gasteiger partial charge in [0.1, 0.15) is 0 Å². The van der Waals surface area contributed by atoms with E-state index in [-0.39, 0.29) is 16.9 Å². The van der Waals surface area contributed by atoms with Crippen LogP contribution in [-0.2, 0) is 16.6 Å². The molecule has 0 spiro atoms. The molecule has 3 N–H and O–H groups in total. The van der Waals surface area contributed by atoms with E-state index in [1.54, 1.807) is 25.6 Å². The number of non-ortho nitro benzene ring substituents is 1. The Morgan fingerprint density at radius 2 is 2.04 bits per heavy atom. The summed E-state index contributed by atoms with van der Waals surface area (Å²) in [6.45, 7) is 4.92. The van der Waals surface area contributed by atoms with Gasteiger partial charge in [0.15, 0.2) is 6.10 Å². The molecule has 0 saturated heterocycles. The maximum absolute atomic E-state index is 12.3. The SMILES string of the molecule is Cc1nn(C)c(C)c1NC(=O)[C@@H](C)OC(=O)c1cc([N+](=O)[O-])ccc1N. The quantitative estimate of drug-likeness (QED) is 0.357. The molecule has 138 valence electrons. The van der Waals surface area contributed by atoms with Crippen molar-refractivity contribution in [2.45, 2.75) is 26.9 Å². The number of rotatable bonds is 5. The highest BCUT2D eigenvalue weighted by molar-refractivity contribution is 6.00. The highest BCUT2D eigenvalue weighted by atomic mass is 16.6. The van der Waals surface area contributed by atoms with Gasteiger partial charge in [0.2, 0.25) is 0 Å². The molecular formula is C16H19N5O5. The van der Waals surface area contributed by atoms with Crippen LogP contribution in [0.3, 0.4) is 0 Å². The Hall–Kier alpha value is -3.43. The molecule has 1 aromatic heterocycles. The molecule has 1 amide bonds. The Morgan fingerprint density at radius 3 is 2.58 bits per heavy atom. The maximum atomic E-state index is 12.3. The number of anilines is 2. The molecule has 0 unspecified atom stereocenters. The summed E-state index contributed by atoms with van der Waals surface area (Å²) in [5.41, 5.74) is 7.13. The van der Waals surface area contributed by atoms with Crippen LogP contribution in [0.5, 0.6) is 0 Å². The number of nitrogens with zero attached hydrogens (tertiary/aromatic N) is 3. The molecule has 0 fully saturated rings. The van der Waals surface area contributed by atoms with Crippen molar-refractivity contribution in [2.24, 2.45) is 7.05 Å². The summed E-state index contributed by atoms with van der Waals surface area (Å²) in [5, 5.41) is 17.7. The van der Waals surface area contributed by atoms with Gasteiger partial charge in [0.25, 0.3) is 11.6 Å². The minimum Gasteiger partial charge on any atom is -0.449 e. The zero-order chi connectivity index (χ0) is 19.6. The van der Waals surface area contributed by atoms with E-state index < -0.39 is 22.9 Å². The van der Waals surface area contributed by atoms with Crippen molar-refractivity contribution in [1.82, 2.24) is 9.78 Å². The van der Waals surface area contributed by atoms with Crippen molar-refractivity contribution in [3.05, 3.63) is 45.3 Å². The summed E-state index contributed by atoms with van der Waals surface area (Å²) < 4.78 is 6.71. The normalized spacial score (nSPS) is 11.7. The van der Waals surface area contributed by atoms with Gasteiger partial charge in [-0.25, -0.2) is 4.79 Å². The van der Waals surface area contributed by atoms with Crippen LogP contribution in [-0.4, -0.2) is 32.7 Å². The van der Waals surface area contributed by atoms with Crippen molar-refractivity contribution < 1.29 is 19.2 Å². The lowest BCUT2D eigenvalue weighted by atomic mass is 10.1. The van der Waals surface area contributed by atoms with Gasteiger partial charge >= 0.3 is 5.97 Å². The second-order valence-electron chi connectivity index (χ2n) is 5.73. The molecular weight excluding hydrogens is 342 g/mol. The fourth-order valence-corrected chi connectivity index (χ4v) is 2.29. The molecule has 2 aromatic rings. The number of nitro benzene ring substituents is 1. The van der Waals surface area contributed by atoms with Gasteiger partial charge in [-0.1, -0.05) is 0 Å². The highest BCUT2D eigenvalue weighted by Crippen LogP contribution is 2.22. The standard InChI is InChI=1S/C16H19N5O5/c1-8-14(9(2)20(4)19-8)18-15(22)10(3)26-16(23)12-7-11(21(24)25)5-6-13(12)17/h5-7,10H,17H2,1-4H3,(H,18,22)/t10-/m1/s1. The zero-order valence-corrected chi connectivity index (χ0v) is 14.8. The third kappa shape index (κ3) is 3.79. The monoisotopic (exact) mass is 361 g/mol.